The lowest BCUT2D eigenvalue weighted by molar-refractivity contribution is 0.290. The minimum atomic E-state index is 0.0375. The summed E-state index contributed by atoms with van der Waals surface area (Å²) in [7, 11) is 0. The fourth-order valence-electron chi connectivity index (χ4n) is 0.717. The van der Waals surface area contributed by atoms with Crippen molar-refractivity contribution in [2.45, 2.75) is 6.92 Å². The van der Waals surface area contributed by atoms with Gasteiger partial charge in [-0.05, 0) is 6.92 Å². The molecule has 0 unspecified atom stereocenters. The van der Waals surface area contributed by atoms with Gasteiger partial charge in [0.25, 0.3) is 0 Å². The maximum absolute atomic E-state index is 5.39. The molecule has 14 heavy (non-hydrogen) atoms. The summed E-state index contributed by atoms with van der Waals surface area (Å²) in [5.41, 5.74) is 5.39. The molecule has 0 atom stereocenters. The van der Waals surface area contributed by atoms with Crippen molar-refractivity contribution in [1.82, 2.24) is 15.0 Å². The third kappa shape index (κ3) is 2.79. The van der Waals surface area contributed by atoms with Crippen molar-refractivity contribution in [3.8, 4) is 24.4 Å². The van der Waals surface area contributed by atoms with Crippen molar-refractivity contribution in [3.63, 3.8) is 0 Å². The first kappa shape index (κ1) is 10.1. The topological polar surface area (TPSA) is 83.2 Å². The Labute approximate surface area is 81.5 Å². The zero-order valence-corrected chi connectivity index (χ0v) is 7.73. The van der Waals surface area contributed by atoms with Crippen LogP contribution in [0.15, 0.2) is 0 Å². The van der Waals surface area contributed by atoms with Gasteiger partial charge < -0.3 is 15.2 Å². The molecule has 0 aliphatic rings. The highest BCUT2D eigenvalue weighted by molar-refractivity contribution is 5.20. The number of hydrogen-bond donors (Lipinski definition) is 1. The maximum Gasteiger partial charge on any atom is 0.325 e. The van der Waals surface area contributed by atoms with Gasteiger partial charge in [-0.25, -0.2) is 0 Å². The zero-order valence-electron chi connectivity index (χ0n) is 7.73. The first-order valence-electron chi connectivity index (χ1n) is 3.97. The van der Waals surface area contributed by atoms with Crippen LogP contribution in [0.25, 0.3) is 0 Å². The number of nitrogen functional groups attached to an aromatic ring is 1. The number of anilines is 1. The molecule has 6 heteroatoms. The van der Waals surface area contributed by atoms with E-state index in [0.29, 0.717) is 6.61 Å². The largest absolute Gasteiger partial charge is 0.464 e. The molecule has 0 saturated carbocycles. The molecule has 0 aromatic carbocycles. The highest BCUT2D eigenvalue weighted by Gasteiger charge is 2.04. The van der Waals surface area contributed by atoms with Gasteiger partial charge in [-0.2, -0.15) is 9.97 Å². The summed E-state index contributed by atoms with van der Waals surface area (Å²) in [5, 5.41) is 0. The molecule has 0 radical (unpaired) electrons. The second-order valence-corrected chi connectivity index (χ2v) is 2.18. The molecule has 0 spiro atoms. The SMILES string of the molecule is C#CCOc1nc(N)nc(OCC)n1. The van der Waals surface area contributed by atoms with E-state index in [4.69, 9.17) is 21.6 Å². The molecular weight excluding hydrogens is 184 g/mol. The smallest absolute Gasteiger partial charge is 0.325 e. The summed E-state index contributed by atoms with van der Waals surface area (Å²) in [6.07, 6.45) is 5.00. The Bertz CT molecular complexity index is 348. The number of aromatic nitrogens is 3. The van der Waals surface area contributed by atoms with Crippen molar-refractivity contribution in [2.75, 3.05) is 18.9 Å². The third-order valence-electron chi connectivity index (χ3n) is 1.17. The second kappa shape index (κ2) is 4.87. The monoisotopic (exact) mass is 194 g/mol. The lowest BCUT2D eigenvalue weighted by atomic mass is 10.7. The molecule has 0 amide bonds. The van der Waals surface area contributed by atoms with Crippen molar-refractivity contribution in [1.29, 1.82) is 0 Å². The van der Waals surface area contributed by atoms with E-state index in [-0.39, 0.29) is 24.6 Å². The number of ether oxygens (including phenoxy) is 2. The highest BCUT2D eigenvalue weighted by atomic mass is 16.5. The van der Waals surface area contributed by atoms with Gasteiger partial charge in [0.05, 0.1) is 6.61 Å². The fraction of sp³-hybridized carbons (Fsp3) is 0.375. The lowest BCUT2D eigenvalue weighted by Crippen LogP contribution is -2.06. The van der Waals surface area contributed by atoms with Gasteiger partial charge in [-0.1, -0.05) is 5.92 Å². The number of nitrogens with two attached hydrogens (primary N) is 1. The van der Waals surface area contributed by atoms with E-state index in [1.54, 1.807) is 0 Å². The predicted octanol–water partition coefficient (Wildman–Crippen LogP) is -0.136. The number of rotatable bonds is 4. The van der Waals surface area contributed by atoms with Crippen molar-refractivity contribution >= 4 is 5.95 Å². The Balaban J connectivity index is 2.79. The average Bonchev–Trinajstić information content (AvgIpc) is 2.14. The molecule has 1 aromatic rings. The maximum atomic E-state index is 5.39. The van der Waals surface area contributed by atoms with Gasteiger partial charge >= 0.3 is 12.0 Å². The Hall–Kier alpha value is -2.03. The Kier molecular flexibility index (Phi) is 3.49. The lowest BCUT2D eigenvalue weighted by Gasteiger charge is -2.03. The van der Waals surface area contributed by atoms with Crippen LogP contribution in [0, 0.1) is 12.3 Å². The van der Waals surface area contributed by atoms with Crippen molar-refractivity contribution in [2.24, 2.45) is 0 Å². The van der Waals surface area contributed by atoms with Gasteiger partial charge in [-0.3, -0.25) is 0 Å². The van der Waals surface area contributed by atoms with Gasteiger partial charge in [0.2, 0.25) is 5.95 Å². The molecule has 6 nitrogen and oxygen atoms in total. The number of hydrogen-bond acceptors (Lipinski definition) is 6. The quantitative estimate of drug-likeness (QED) is 0.672. The Morgan fingerprint density at radius 2 is 1.93 bits per heavy atom. The van der Waals surface area contributed by atoms with Crippen LogP contribution in [0.5, 0.6) is 12.0 Å². The van der Waals surface area contributed by atoms with Crippen LogP contribution in [-0.4, -0.2) is 28.2 Å². The summed E-state index contributed by atoms with van der Waals surface area (Å²) in [6, 6.07) is 0.200. The van der Waals surface area contributed by atoms with Crippen LogP contribution >= 0.6 is 0 Å². The molecule has 1 heterocycles. The molecule has 0 aliphatic carbocycles. The molecule has 0 saturated heterocycles. The predicted molar refractivity (Wildman–Crippen MR) is 49.7 cm³/mol. The van der Waals surface area contributed by atoms with Gasteiger partial charge in [0.15, 0.2) is 6.61 Å². The first-order valence-corrected chi connectivity index (χ1v) is 3.97. The van der Waals surface area contributed by atoms with Gasteiger partial charge in [0, 0.05) is 0 Å². The van der Waals surface area contributed by atoms with E-state index in [2.05, 4.69) is 20.9 Å². The van der Waals surface area contributed by atoms with E-state index >= 15 is 0 Å². The molecule has 1 rings (SSSR count). The van der Waals surface area contributed by atoms with E-state index in [1.807, 2.05) is 6.92 Å². The third-order valence-corrected chi connectivity index (χ3v) is 1.17. The molecule has 74 valence electrons. The van der Waals surface area contributed by atoms with Crippen molar-refractivity contribution < 1.29 is 9.47 Å². The molecule has 0 bridgehead atoms. The highest BCUT2D eigenvalue weighted by Crippen LogP contribution is 2.10. The molecule has 2 N–H and O–H groups in total. The summed E-state index contributed by atoms with van der Waals surface area (Å²) in [4.78, 5) is 11.3. The van der Waals surface area contributed by atoms with Crippen molar-refractivity contribution in [3.05, 3.63) is 0 Å². The number of terminal acetylenes is 1. The van der Waals surface area contributed by atoms with E-state index in [9.17, 15) is 0 Å². The van der Waals surface area contributed by atoms with Crippen LogP contribution in [0.3, 0.4) is 0 Å². The van der Waals surface area contributed by atoms with Crippen LogP contribution in [0.2, 0.25) is 0 Å². The molecular formula is C8H10N4O2. The number of nitrogens with zero attached hydrogens (tertiary/aromatic N) is 3. The minimum Gasteiger partial charge on any atom is -0.464 e. The van der Waals surface area contributed by atoms with E-state index in [0.717, 1.165) is 0 Å². The standard InChI is InChI=1S/C8H10N4O2/c1-3-5-14-8-11-6(9)10-7(12-8)13-4-2/h1H,4-5H2,2H3,(H2,9,10,11,12). The van der Waals surface area contributed by atoms with Crippen LogP contribution in [0.4, 0.5) is 5.95 Å². The van der Waals surface area contributed by atoms with Crippen LogP contribution in [0.1, 0.15) is 6.92 Å². The summed E-state index contributed by atoms with van der Waals surface area (Å²) < 4.78 is 10.00. The second-order valence-electron chi connectivity index (χ2n) is 2.18. The van der Waals surface area contributed by atoms with Crippen LogP contribution < -0.4 is 15.2 Å². The normalized spacial score (nSPS) is 9.14. The summed E-state index contributed by atoms with van der Waals surface area (Å²) in [5.74, 6) is 2.32. The molecule has 1 aromatic heterocycles. The van der Waals surface area contributed by atoms with Gasteiger partial charge in [-0.15, -0.1) is 11.4 Å². The Morgan fingerprint density at radius 1 is 1.29 bits per heavy atom. The first-order chi connectivity index (χ1) is 6.76. The minimum absolute atomic E-state index is 0.0375. The van der Waals surface area contributed by atoms with Gasteiger partial charge in [0.1, 0.15) is 0 Å². The van der Waals surface area contributed by atoms with E-state index < -0.39 is 0 Å². The summed E-state index contributed by atoms with van der Waals surface area (Å²) in [6.45, 7) is 2.33. The summed E-state index contributed by atoms with van der Waals surface area (Å²) >= 11 is 0. The molecule has 0 fully saturated rings. The fourth-order valence-corrected chi connectivity index (χ4v) is 0.717. The van der Waals surface area contributed by atoms with E-state index in [1.165, 1.54) is 0 Å². The van der Waals surface area contributed by atoms with Crippen LogP contribution in [-0.2, 0) is 0 Å². The zero-order chi connectivity index (χ0) is 10.4. The molecule has 0 aliphatic heterocycles. The Morgan fingerprint density at radius 3 is 2.50 bits per heavy atom. The average molecular weight is 194 g/mol.